The highest BCUT2D eigenvalue weighted by Crippen LogP contribution is 2.41. The second kappa shape index (κ2) is 5.09. The number of carbonyl (C=O) groups is 1. The Balaban J connectivity index is 2.41. The normalized spacial score (nSPS) is 21.7. The predicted octanol–water partition coefficient (Wildman–Crippen LogP) is 1.52. The molecule has 1 amide bonds. The summed E-state index contributed by atoms with van der Waals surface area (Å²) in [6, 6.07) is 3.28. The Kier molecular flexibility index (Phi) is 3.69. The molecule has 3 N–H and O–H groups in total. The maximum absolute atomic E-state index is 13.1. The molecule has 0 aliphatic carbocycles. The van der Waals surface area contributed by atoms with E-state index in [1.165, 1.54) is 7.11 Å². The van der Waals surface area contributed by atoms with Crippen molar-refractivity contribution in [1.29, 1.82) is 0 Å². The van der Waals surface area contributed by atoms with Crippen molar-refractivity contribution in [2.24, 2.45) is 0 Å². The van der Waals surface area contributed by atoms with Crippen LogP contribution in [0.25, 0.3) is 0 Å². The summed E-state index contributed by atoms with van der Waals surface area (Å²) >= 11 is 0. The SMILES string of the molecule is C=C1CC(O)(C(F)(F)F)N(C(=O)c2ccc(O)c(OC)c2)N1. The molecule has 1 unspecified atom stereocenters. The number of aromatic hydroxyl groups is 1. The molecular formula is C13H13F3N2O4. The molecule has 22 heavy (non-hydrogen) atoms. The zero-order chi connectivity index (χ0) is 16.7. The van der Waals surface area contributed by atoms with Gasteiger partial charge in [0.2, 0.25) is 0 Å². The summed E-state index contributed by atoms with van der Waals surface area (Å²) in [7, 11) is 1.23. The van der Waals surface area contributed by atoms with Crippen LogP contribution in [0, 0.1) is 0 Å². The molecule has 1 aromatic rings. The summed E-state index contributed by atoms with van der Waals surface area (Å²) in [6.07, 6.45) is -5.95. The van der Waals surface area contributed by atoms with Gasteiger partial charge in [-0.3, -0.25) is 10.2 Å². The first-order valence-corrected chi connectivity index (χ1v) is 6.05. The topological polar surface area (TPSA) is 82.0 Å². The number of nitrogens with zero attached hydrogens (tertiary/aromatic N) is 1. The number of methoxy groups -OCH3 is 1. The van der Waals surface area contributed by atoms with Gasteiger partial charge in [-0.1, -0.05) is 6.58 Å². The Labute approximate surface area is 123 Å². The molecule has 1 aromatic carbocycles. The summed E-state index contributed by atoms with van der Waals surface area (Å²) in [4.78, 5) is 12.3. The maximum Gasteiger partial charge on any atom is 0.438 e. The molecule has 1 atom stereocenters. The third-order valence-corrected chi connectivity index (χ3v) is 3.18. The van der Waals surface area contributed by atoms with Crippen LogP contribution in [0.5, 0.6) is 11.5 Å². The Bertz CT molecular complexity index is 632. The number of benzene rings is 1. The molecule has 2 rings (SSSR count). The molecule has 120 valence electrons. The lowest BCUT2D eigenvalue weighted by Gasteiger charge is -2.33. The molecule has 0 saturated carbocycles. The zero-order valence-corrected chi connectivity index (χ0v) is 11.4. The van der Waals surface area contributed by atoms with E-state index in [1.54, 1.807) is 0 Å². The third kappa shape index (κ3) is 2.43. The minimum atomic E-state index is -5.07. The van der Waals surface area contributed by atoms with E-state index in [-0.39, 0.29) is 27.8 Å². The molecule has 9 heteroatoms. The van der Waals surface area contributed by atoms with Crippen LogP contribution in [0.3, 0.4) is 0 Å². The lowest BCUT2D eigenvalue weighted by Crippen LogP contribution is -2.59. The number of phenols is 1. The van der Waals surface area contributed by atoms with Crippen molar-refractivity contribution in [2.75, 3.05) is 7.11 Å². The van der Waals surface area contributed by atoms with Crippen molar-refractivity contribution in [3.63, 3.8) is 0 Å². The van der Waals surface area contributed by atoms with Gasteiger partial charge in [-0.05, 0) is 18.2 Å². The van der Waals surface area contributed by atoms with Crippen LogP contribution in [-0.2, 0) is 0 Å². The van der Waals surface area contributed by atoms with Crippen LogP contribution in [0.15, 0.2) is 30.5 Å². The van der Waals surface area contributed by atoms with Crippen LogP contribution < -0.4 is 10.2 Å². The van der Waals surface area contributed by atoms with Crippen molar-refractivity contribution in [3.8, 4) is 11.5 Å². The fourth-order valence-electron chi connectivity index (χ4n) is 2.05. The fourth-order valence-corrected chi connectivity index (χ4v) is 2.05. The van der Waals surface area contributed by atoms with Gasteiger partial charge in [0.05, 0.1) is 7.11 Å². The first-order valence-electron chi connectivity index (χ1n) is 6.05. The number of carbonyl (C=O) groups excluding carboxylic acids is 1. The van der Waals surface area contributed by atoms with Crippen molar-refractivity contribution in [2.45, 2.75) is 18.3 Å². The minimum absolute atomic E-state index is 0.0706. The fraction of sp³-hybridized carbons (Fsp3) is 0.308. The smallest absolute Gasteiger partial charge is 0.438 e. The van der Waals surface area contributed by atoms with E-state index in [0.29, 0.717) is 0 Å². The number of rotatable bonds is 2. The van der Waals surface area contributed by atoms with E-state index in [9.17, 15) is 28.2 Å². The Hall–Kier alpha value is -2.42. The number of alkyl halides is 3. The maximum atomic E-state index is 13.1. The number of aliphatic hydroxyl groups is 1. The third-order valence-electron chi connectivity index (χ3n) is 3.18. The molecule has 1 heterocycles. The average Bonchev–Trinajstić information content (AvgIpc) is 2.74. The number of halogens is 3. The van der Waals surface area contributed by atoms with E-state index in [2.05, 4.69) is 12.0 Å². The van der Waals surface area contributed by atoms with E-state index in [4.69, 9.17) is 4.74 Å². The molecule has 0 spiro atoms. The number of hydrazine groups is 1. The summed E-state index contributed by atoms with van der Waals surface area (Å²) < 4.78 is 44.0. The molecular weight excluding hydrogens is 305 g/mol. The number of nitrogens with one attached hydrogen (secondary N) is 1. The van der Waals surface area contributed by atoms with Gasteiger partial charge in [-0.2, -0.15) is 13.2 Å². The van der Waals surface area contributed by atoms with E-state index < -0.39 is 24.2 Å². The predicted molar refractivity (Wildman–Crippen MR) is 68.7 cm³/mol. The second-order valence-corrected chi connectivity index (χ2v) is 4.73. The van der Waals surface area contributed by atoms with Crippen LogP contribution >= 0.6 is 0 Å². The monoisotopic (exact) mass is 318 g/mol. The van der Waals surface area contributed by atoms with Crippen molar-refractivity contribution in [1.82, 2.24) is 10.4 Å². The van der Waals surface area contributed by atoms with Crippen LogP contribution in [0.2, 0.25) is 0 Å². The van der Waals surface area contributed by atoms with Gasteiger partial charge in [-0.15, -0.1) is 0 Å². The first-order chi connectivity index (χ1) is 10.1. The zero-order valence-electron chi connectivity index (χ0n) is 11.4. The van der Waals surface area contributed by atoms with E-state index >= 15 is 0 Å². The molecule has 0 radical (unpaired) electrons. The van der Waals surface area contributed by atoms with E-state index in [0.717, 1.165) is 18.2 Å². The Morgan fingerprint density at radius 2 is 2.14 bits per heavy atom. The molecule has 6 nitrogen and oxygen atoms in total. The Morgan fingerprint density at radius 3 is 2.68 bits per heavy atom. The van der Waals surface area contributed by atoms with Crippen molar-refractivity contribution < 1.29 is 32.9 Å². The standard InChI is InChI=1S/C13H13F3N2O4/c1-7-6-12(21,13(14,15)16)18(17-7)11(20)8-3-4-9(19)10(5-8)22-2/h3-5,17,19,21H,1,6H2,2H3. The molecule has 1 aliphatic rings. The van der Waals surface area contributed by atoms with E-state index in [1.807, 2.05) is 0 Å². The van der Waals surface area contributed by atoms with Gasteiger partial charge in [-0.25, -0.2) is 5.01 Å². The number of hydrogen-bond donors (Lipinski definition) is 3. The lowest BCUT2D eigenvalue weighted by atomic mass is 10.1. The van der Waals surface area contributed by atoms with Crippen LogP contribution in [0.4, 0.5) is 13.2 Å². The number of ether oxygens (including phenoxy) is 1. The van der Waals surface area contributed by atoms with Gasteiger partial charge in [0.1, 0.15) is 0 Å². The molecule has 0 bridgehead atoms. The molecule has 1 saturated heterocycles. The van der Waals surface area contributed by atoms with Crippen LogP contribution in [0.1, 0.15) is 16.8 Å². The number of phenolic OH excluding ortho intramolecular Hbond substituents is 1. The second-order valence-electron chi connectivity index (χ2n) is 4.73. The van der Waals surface area contributed by atoms with Gasteiger partial charge in [0, 0.05) is 17.7 Å². The summed E-state index contributed by atoms with van der Waals surface area (Å²) in [5.74, 6) is -1.50. The molecule has 0 aromatic heterocycles. The summed E-state index contributed by atoms with van der Waals surface area (Å²) in [5.41, 5.74) is -1.64. The number of hydrogen-bond acceptors (Lipinski definition) is 5. The van der Waals surface area contributed by atoms with Crippen molar-refractivity contribution >= 4 is 5.91 Å². The molecule has 1 fully saturated rings. The quantitative estimate of drug-likeness (QED) is 0.770. The Morgan fingerprint density at radius 1 is 1.50 bits per heavy atom. The molecule has 1 aliphatic heterocycles. The van der Waals surface area contributed by atoms with Crippen molar-refractivity contribution in [3.05, 3.63) is 36.0 Å². The van der Waals surface area contributed by atoms with Crippen LogP contribution in [-0.4, -0.2) is 40.1 Å². The largest absolute Gasteiger partial charge is 0.504 e. The van der Waals surface area contributed by atoms with Gasteiger partial charge >= 0.3 is 6.18 Å². The first kappa shape index (κ1) is 16.0. The highest BCUT2D eigenvalue weighted by molar-refractivity contribution is 5.95. The lowest BCUT2D eigenvalue weighted by molar-refractivity contribution is -0.299. The average molecular weight is 318 g/mol. The summed E-state index contributed by atoms with van der Waals surface area (Å²) in [6.45, 7) is 3.31. The summed E-state index contributed by atoms with van der Waals surface area (Å²) in [5, 5.41) is 19.4. The highest BCUT2D eigenvalue weighted by atomic mass is 19.4. The number of amides is 1. The van der Waals surface area contributed by atoms with Gasteiger partial charge < -0.3 is 14.9 Å². The minimum Gasteiger partial charge on any atom is -0.504 e. The highest BCUT2D eigenvalue weighted by Gasteiger charge is 2.63. The van der Waals surface area contributed by atoms with Gasteiger partial charge in [0.25, 0.3) is 11.6 Å². The van der Waals surface area contributed by atoms with Gasteiger partial charge in [0.15, 0.2) is 11.5 Å².